The molecule has 0 bridgehead atoms. The molecule has 8 heteroatoms. The van der Waals surface area contributed by atoms with Gasteiger partial charge in [-0.05, 0) is 37.8 Å². The van der Waals surface area contributed by atoms with E-state index in [1.807, 2.05) is 68.4 Å². The van der Waals surface area contributed by atoms with Gasteiger partial charge in [-0.3, -0.25) is 29.4 Å². The summed E-state index contributed by atoms with van der Waals surface area (Å²) < 4.78 is 0. The number of imide groups is 1. The highest BCUT2D eigenvalue weighted by molar-refractivity contribution is 6.17. The first-order valence-corrected chi connectivity index (χ1v) is 13.6. The Morgan fingerprint density at radius 1 is 0.947 bits per heavy atom. The molecule has 2 fully saturated rings. The molecule has 0 unspecified atom stereocenters. The lowest BCUT2D eigenvalue weighted by Crippen LogP contribution is -2.56. The lowest BCUT2D eigenvalue weighted by molar-refractivity contribution is -0.143. The van der Waals surface area contributed by atoms with Crippen LogP contribution in [0.4, 0.5) is 5.69 Å². The number of para-hydroxylation sites is 1. The second-order valence-corrected chi connectivity index (χ2v) is 10.9. The van der Waals surface area contributed by atoms with Crippen LogP contribution in [0.5, 0.6) is 0 Å². The van der Waals surface area contributed by atoms with Gasteiger partial charge in [0.1, 0.15) is 12.1 Å². The largest absolute Gasteiger partial charge is 0.342 e. The Labute approximate surface area is 224 Å². The molecule has 4 amide bonds. The number of nitrogens with zero attached hydrogens (tertiary/aromatic N) is 3. The van der Waals surface area contributed by atoms with Crippen molar-refractivity contribution in [1.29, 1.82) is 0 Å². The number of likely N-dealkylation sites (N-methyl/N-ethyl adjacent to an activating group) is 1. The molecule has 8 nitrogen and oxygen atoms in total. The average Bonchev–Trinajstić information content (AvgIpc) is 3.45. The highest BCUT2D eigenvalue weighted by Crippen LogP contribution is 2.55. The van der Waals surface area contributed by atoms with E-state index in [1.54, 1.807) is 4.90 Å². The zero-order valence-corrected chi connectivity index (χ0v) is 22.5. The van der Waals surface area contributed by atoms with Gasteiger partial charge in [0, 0.05) is 30.4 Å². The van der Waals surface area contributed by atoms with Crippen LogP contribution >= 0.6 is 0 Å². The summed E-state index contributed by atoms with van der Waals surface area (Å²) in [5, 5.41) is 3.53. The summed E-state index contributed by atoms with van der Waals surface area (Å²) >= 11 is 0. The molecular formula is C30H36N4O4. The molecule has 3 heterocycles. The van der Waals surface area contributed by atoms with Crippen molar-refractivity contribution < 1.29 is 19.2 Å². The Bertz CT molecular complexity index is 1260. The number of carbonyl (C=O) groups excluding carboxylic acids is 4. The molecule has 5 rings (SSSR count). The fraction of sp³-hybridized carbons (Fsp3) is 0.467. The number of carbonyl (C=O) groups is 4. The summed E-state index contributed by atoms with van der Waals surface area (Å²) in [6.07, 6.45) is 0.648. The van der Waals surface area contributed by atoms with E-state index in [0.29, 0.717) is 30.8 Å². The predicted octanol–water partition coefficient (Wildman–Crippen LogP) is 2.92. The Balaban J connectivity index is 1.58. The first-order valence-electron chi connectivity index (χ1n) is 13.6. The minimum Gasteiger partial charge on any atom is -0.342 e. The third-order valence-electron chi connectivity index (χ3n) is 8.28. The zero-order chi connectivity index (χ0) is 27.2. The number of fused-ring (bicyclic) bond motifs is 4. The maximum Gasteiger partial charge on any atom is 0.253 e. The molecule has 3 aliphatic rings. The standard InChI is InChI=1S/C30H36N4O4/c1-5-32(6-2)24(35)18-33-23-15-11-10-14-21(23)30(29(33)38)26-25(22(31-30)16-19(3)4)27(36)34(28(26)37)17-20-12-8-7-9-13-20/h7-15,19,22,25-26,31H,5-6,16-18H2,1-4H3/t22-,25+,26-,30+/m1/s1. The van der Waals surface area contributed by atoms with Crippen LogP contribution in [0.1, 0.15) is 45.2 Å². The summed E-state index contributed by atoms with van der Waals surface area (Å²) in [5.41, 5.74) is 0.765. The maximum absolute atomic E-state index is 14.4. The Kier molecular flexibility index (Phi) is 6.86. The highest BCUT2D eigenvalue weighted by Gasteiger charge is 2.71. The summed E-state index contributed by atoms with van der Waals surface area (Å²) in [6, 6.07) is 16.5. The van der Waals surface area contributed by atoms with E-state index in [9.17, 15) is 19.2 Å². The van der Waals surface area contributed by atoms with Crippen LogP contribution in [-0.2, 0) is 31.3 Å². The predicted molar refractivity (Wildman–Crippen MR) is 144 cm³/mol. The lowest BCUT2D eigenvalue weighted by atomic mass is 9.76. The molecule has 2 saturated heterocycles. The number of amides is 4. The van der Waals surface area contributed by atoms with Crippen molar-refractivity contribution in [3.63, 3.8) is 0 Å². The molecule has 1 spiro atoms. The van der Waals surface area contributed by atoms with Crippen molar-refractivity contribution in [2.75, 3.05) is 24.5 Å². The number of anilines is 1. The molecule has 4 atom stereocenters. The summed E-state index contributed by atoms with van der Waals surface area (Å²) in [4.78, 5) is 60.0. The lowest BCUT2D eigenvalue weighted by Gasteiger charge is -2.31. The Hall–Kier alpha value is -3.52. The van der Waals surface area contributed by atoms with Crippen LogP contribution in [-0.4, -0.2) is 59.1 Å². The summed E-state index contributed by atoms with van der Waals surface area (Å²) in [6.45, 7) is 9.13. The molecule has 2 aromatic rings. The van der Waals surface area contributed by atoms with Gasteiger partial charge in [-0.25, -0.2) is 0 Å². The number of benzene rings is 2. The summed E-state index contributed by atoms with van der Waals surface area (Å²) in [5.74, 6) is -2.31. The van der Waals surface area contributed by atoms with Gasteiger partial charge >= 0.3 is 0 Å². The number of rotatable bonds is 8. The number of hydrogen-bond donors (Lipinski definition) is 1. The molecule has 0 saturated carbocycles. The van der Waals surface area contributed by atoms with Gasteiger partial charge in [0.15, 0.2) is 0 Å². The fourth-order valence-corrected chi connectivity index (χ4v) is 6.61. The van der Waals surface area contributed by atoms with E-state index in [0.717, 1.165) is 5.56 Å². The Morgan fingerprint density at radius 3 is 2.26 bits per heavy atom. The monoisotopic (exact) mass is 516 g/mol. The molecule has 0 radical (unpaired) electrons. The van der Waals surface area contributed by atoms with Crippen LogP contribution in [0.2, 0.25) is 0 Å². The van der Waals surface area contributed by atoms with Crippen molar-refractivity contribution in [3.8, 4) is 0 Å². The summed E-state index contributed by atoms with van der Waals surface area (Å²) in [7, 11) is 0. The van der Waals surface area contributed by atoms with E-state index in [-0.39, 0.29) is 48.7 Å². The van der Waals surface area contributed by atoms with Crippen molar-refractivity contribution in [1.82, 2.24) is 15.1 Å². The van der Waals surface area contributed by atoms with E-state index in [1.165, 1.54) is 9.80 Å². The van der Waals surface area contributed by atoms with Gasteiger partial charge in [-0.1, -0.05) is 62.4 Å². The number of likely N-dealkylation sites (tertiary alicyclic amines) is 1. The van der Waals surface area contributed by atoms with Crippen molar-refractivity contribution >= 4 is 29.3 Å². The van der Waals surface area contributed by atoms with Crippen molar-refractivity contribution in [3.05, 3.63) is 65.7 Å². The second-order valence-electron chi connectivity index (χ2n) is 10.9. The molecule has 0 aliphatic carbocycles. The molecule has 2 aromatic carbocycles. The van der Waals surface area contributed by atoms with E-state index >= 15 is 0 Å². The van der Waals surface area contributed by atoms with E-state index in [4.69, 9.17) is 0 Å². The van der Waals surface area contributed by atoms with E-state index < -0.39 is 17.4 Å². The number of nitrogens with one attached hydrogen (secondary N) is 1. The molecule has 1 N–H and O–H groups in total. The molecule has 0 aromatic heterocycles. The van der Waals surface area contributed by atoms with Gasteiger partial charge in [-0.15, -0.1) is 0 Å². The minimum absolute atomic E-state index is 0.108. The molecular weight excluding hydrogens is 480 g/mol. The maximum atomic E-state index is 14.4. The zero-order valence-electron chi connectivity index (χ0n) is 22.5. The van der Waals surface area contributed by atoms with Crippen LogP contribution in [0, 0.1) is 17.8 Å². The van der Waals surface area contributed by atoms with Crippen LogP contribution in [0.3, 0.4) is 0 Å². The van der Waals surface area contributed by atoms with Crippen LogP contribution < -0.4 is 10.2 Å². The molecule has 3 aliphatic heterocycles. The third-order valence-corrected chi connectivity index (χ3v) is 8.28. The van der Waals surface area contributed by atoms with Crippen molar-refractivity contribution in [2.24, 2.45) is 17.8 Å². The van der Waals surface area contributed by atoms with Gasteiger partial charge in [0.2, 0.25) is 17.7 Å². The van der Waals surface area contributed by atoms with Crippen LogP contribution in [0.15, 0.2) is 54.6 Å². The van der Waals surface area contributed by atoms with E-state index in [2.05, 4.69) is 19.2 Å². The quantitative estimate of drug-likeness (QED) is 0.545. The normalized spacial score (nSPS) is 26.0. The third kappa shape index (κ3) is 3.93. The SMILES string of the molecule is CCN(CC)C(=O)CN1C(=O)[C@]2(N[C@H](CC(C)C)[C@@H]3C(=O)N(Cc4ccccc4)C(=O)[C@@H]32)c2ccccc21. The minimum atomic E-state index is -1.39. The topological polar surface area (TPSA) is 90.0 Å². The number of hydrogen-bond acceptors (Lipinski definition) is 5. The van der Waals surface area contributed by atoms with Crippen molar-refractivity contribution in [2.45, 2.75) is 52.2 Å². The smallest absolute Gasteiger partial charge is 0.253 e. The molecule has 200 valence electrons. The Morgan fingerprint density at radius 2 is 1.61 bits per heavy atom. The molecule has 38 heavy (non-hydrogen) atoms. The van der Waals surface area contributed by atoms with Crippen LogP contribution in [0.25, 0.3) is 0 Å². The first-order chi connectivity index (χ1) is 18.2. The van der Waals surface area contributed by atoms with Gasteiger partial charge < -0.3 is 9.80 Å². The fourth-order valence-electron chi connectivity index (χ4n) is 6.61. The van der Waals surface area contributed by atoms with Gasteiger partial charge in [0.05, 0.1) is 18.4 Å². The highest BCUT2D eigenvalue weighted by atomic mass is 16.2. The van der Waals surface area contributed by atoms with Gasteiger partial charge in [0.25, 0.3) is 5.91 Å². The first kappa shape index (κ1) is 26.1. The van der Waals surface area contributed by atoms with Gasteiger partial charge in [-0.2, -0.15) is 0 Å². The average molecular weight is 517 g/mol. The second kappa shape index (κ2) is 9.98.